The third-order valence-electron chi connectivity index (χ3n) is 1.70. The number of carbonyl (C=O) groups is 3. The van der Waals surface area contributed by atoms with Gasteiger partial charge >= 0.3 is 5.97 Å². The Bertz CT molecular complexity index is 251. The van der Waals surface area contributed by atoms with Crippen molar-refractivity contribution in [1.29, 1.82) is 0 Å². The van der Waals surface area contributed by atoms with Crippen molar-refractivity contribution in [2.45, 2.75) is 13.3 Å². The van der Waals surface area contributed by atoms with E-state index in [1.54, 1.807) is 6.92 Å². The molecule has 0 aliphatic heterocycles. The van der Waals surface area contributed by atoms with Crippen LogP contribution in [0.25, 0.3) is 0 Å². The fraction of sp³-hybridized carbons (Fsp3) is 0.667. The highest BCUT2D eigenvalue weighted by Crippen LogP contribution is 1.93. The average molecular weight is 231 g/mol. The second-order valence-corrected chi connectivity index (χ2v) is 3.20. The predicted molar refractivity (Wildman–Crippen MR) is 56.1 cm³/mol. The average Bonchev–Trinajstić information content (AvgIpc) is 2.13. The topological polar surface area (TPSA) is 116 Å². The summed E-state index contributed by atoms with van der Waals surface area (Å²) in [5.41, 5.74) is 9.97. The van der Waals surface area contributed by atoms with Crippen molar-refractivity contribution in [2.75, 3.05) is 26.2 Å². The molecule has 0 unspecified atom stereocenters. The van der Waals surface area contributed by atoms with Gasteiger partial charge in [0.15, 0.2) is 0 Å². The Hall–Kier alpha value is -1.63. The van der Waals surface area contributed by atoms with Gasteiger partial charge in [0.05, 0.1) is 26.1 Å². The highest BCUT2D eigenvalue weighted by Gasteiger charge is 2.13. The molecule has 0 bridgehead atoms. The predicted octanol–water partition coefficient (Wildman–Crippen LogP) is -1.79. The zero-order chi connectivity index (χ0) is 12.6. The van der Waals surface area contributed by atoms with Crippen molar-refractivity contribution in [3.63, 3.8) is 0 Å². The maximum Gasteiger partial charge on any atom is 0.307 e. The molecule has 0 aromatic rings. The molecular weight excluding hydrogens is 214 g/mol. The van der Waals surface area contributed by atoms with Crippen molar-refractivity contribution in [2.24, 2.45) is 11.5 Å². The number of primary amides is 2. The number of esters is 1. The monoisotopic (exact) mass is 231 g/mol. The van der Waals surface area contributed by atoms with Gasteiger partial charge in [-0.25, -0.2) is 0 Å². The van der Waals surface area contributed by atoms with E-state index in [0.717, 1.165) is 0 Å². The van der Waals surface area contributed by atoms with E-state index in [0.29, 0.717) is 6.61 Å². The van der Waals surface area contributed by atoms with Gasteiger partial charge in [-0.1, -0.05) is 0 Å². The normalized spacial score (nSPS) is 10.1. The second kappa shape index (κ2) is 7.63. The lowest BCUT2D eigenvalue weighted by Gasteiger charge is -2.17. The molecule has 0 heterocycles. The van der Waals surface area contributed by atoms with Crippen LogP contribution in [0.1, 0.15) is 13.3 Å². The zero-order valence-electron chi connectivity index (χ0n) is 9.27. The van der Waals surface area contributed by atoms with Crippen LogP contribution < -0.4 is 11.5 Å². The van der Waals surface area contributed by atoms with Crippen LogP contribution in [0.15, 0.2) is 0 Å². The summed E-state index contributed by atoms with van der Waals surface area (Å²) in [4.78, 5) is 33.8. The zero-order valence-corrected chi connectivity index (χ0v) is 9.27. The quantitative estimate of drug-likeness (QED) is 0.479. The Morgan fingerprint density at radius 3 is 2.00 bits per heavy atom. The molecule has 0 saturated carbocycles. The van der Waals surface area contributed by atoms with Gasteiger partial charge in [-0.3, -0.25) is 19.3 Å². The molecule has 0 spiro atoms. The molecule has 0 aromatic carbocycles. The first-order valence-corrected chi connectivity index (χ1v) is 4.90. The molecule has 0 radical (unpaired) electrons. The van der Waals surface area contributed by atoms with Crippen LogP contribution in [0.5, 0.6) is 0 Å². The Labute approximate surface area is 93.7 Å². The summed E-state index contributed by atoms with van der Waals surface area (Å²) in [6, 6.07) is 0. The molecule has 0 aliphatic rings. The smallest absolute Gasteiger partial charge is 0.307 e. The van der Waals surface area contributed by atoms with Crippen LogP contribution in [0.3, 0.4) is 0 Å². The van der Waals surface area contributed by atoms with Gasteiger partial charge in [-0.2, -0.15) is 0 Å². The number of hydrogen-bond donors (Lipinski definition) is 2. The standard InChI is InChI=1S/C9H17N3O4/c1-2-16-9(15)3-4-12(5-7(10)13)6-8(11)14/h2-6H2,1H3,(H2,10,13)(H2,11,14). The molecule has 7 heteroatoms. The van der Waals surface area contributed by atoms with Crippen molar-refractivity contribution < 1.29 is 19.1 Å². The molecule has 16 heavy (non-hydrogen) atoms. The molecule has 2 amide bonds. The number of nitrogens with zero attached hydrogens (tertiary/aromatic N) is 1. The van der Waals surface area contributed by atoms with Gasteiger partial charge in [0.1, 0.15) is 0 Å². The van der Waals surface area contributed by atoms with Crippen LogP contribution in [0.2, 0.25) is 0 Å². The molecule has 92 valence electrons. The fourth-order valence-corrected chi connectivity index (χ4v) is 1.14. The first kappa shape index (κ1) is 14.4. The van der Waals surface area contributed by atoms with Crippen molar-refractivity contribution in [1.82, 2.24) is 4.90 Å². The van der Waals surface area contributed by atoms with Crippen LogP contribution >= 0.6 is 0 Å². The Morgan fingerprint density at radius 1 is 1.12 bits per heavy atom. The summed E-state index contributed by atoms with van der Waals surface area (Å²) in [7, 11) is 0. The lowest BCUT2D eigenvalue weighted by Crippen LogP contribution is -2.40. The number of rotatable bonds is 8. The fourth-order valence-electron chi connectivity index (χ4n) is 1.14. The summed E-state index contributed by atoms with van der Waals surface area (Å²) in [6.45, 7) is 1.99. The lowest BCUT2D eigenvalue weighted by atomic mass is 10.3. The highest BCUT2D eigenvalue weighted by molar-refractivity contribution is 5.79. The van der Waals surface area contributed by atoms with Crippen LogP contribution in [0.4, 0.5) is 0 Å². The van der Waals surface area contributed by atoms with Crippen molar-refractivity contribution in [3.8, 4) is 0 Å². The van der Waals surface area contributed by atoms with Gasteiger partial charge in [0.2, 0.25) is 11.8 Å². The molecule has 0 aromatic heterocycles. The van der Waals surface area contributed by atoms with Crippen LogP contribution in [-0.4, -0.2) is 48.9 Å². The summed E-state index contributed by atoms with van der Waals surface area (Å²) in [5.74, 6) is -1.54. The van der Waals surface area contributed by atoms with E-state index in [1.165, 1.54) is 4.90 Å². The van der Waals surface area contributed by atoms with Gasteiger partial charge in [-0.15, -0.1) is 0 Å². The maximum absolute atomic E-state index is 11.0. The van der Waals surface area contributed by atoms with E-state index in [-0.39, 0.29) is 32.0 Å². The van der Waals surface area contributed by atoms with Crippen molar-refractivity contribution in [3.05, 3.63) is 0 Å². The van der Waals surface area contributed by atoms with Crippen LogP contribution in [0, 0.1) is 0 Å². The minimum atomic E-state index is -0.579. The molecule has 4 N–H and O–H groups in total. The third-order valence-corrected chi connectivity index (χ3v) is 1.70. The third kappa shape index (κ3) is 7.74. The van der Waals surface area contributed by atoms with Gasteiger partial charge < -0.3 is 16.2 Å². The minimum absolute atomic E-state index is 0.0917. The van der Waals surface area contributed by atoms with E-state index >= 15 is 0 Å². The lowest BCUT2D eigenvalue weighted by molar-refractivity contribution is -0.144. The minimum Gasteiger partial charge on any atom is -0.466 e. The Morgan fingerprint density at radius 2 is 1.62 bits per heavy atom. The second-order valence-electron chi connectivity index (χ2n) is 3.20. The summed E-state index contributed by atoms with van der Waals surface area (Å²) >= 11 is 0. The van der Waals surface area contributed by atoms with E-state index < -0.39 is 11.8 Å². The Kier molecular flexibility index (Phi) is 6.86. The Balaban J connectivity index is 4.05. The number of nitrogens with two attached hydrogens (primary N) is 2. The SMILES string of the molecule is CCOC(=O)CCN(CC(N)=O)CC(N)=O. The van der Waals surface area contributed by atoms with Crippen LogP contribution in [-0.2, 0) is 19.1 Å². The van der Waals surface area contributed by atoms with E-state index in [1.807, 2.05) is 0 Å². The molecular formula is C9H17N3O4. The molecule has 0 atom stereocenters. The number of carbonyl (C=O) groups excluding carboxylic acids is 3. The maximum atomic E-state index is 11.0. The number of amides is 2. The first-order valence-electron chi connectivity index (χ1n) is 4.90. The van der Waals surface area contributed by atoms with Crippen molar-refractivity contribution >= 4 is 17.8 Å². The largest absolute Gasteiger partial charge is 0.466 e. The van der Waals surface area contributed by atoms with E-state index in [9.17, 15) is 14.4 Å². The molecule has 0 rings (SSSR count). The first-order chi connectivity index (χ1) is 7.45. The van der Waals surface area contributed by atoms with Gasteiger partial charge in [-0.05, 0) is 6.92 Å². The van der Waals surface area contributed by atoms with E-state index in [4.69, 9.17) is 16.2 Å². The van der Waals surface area contributed by atoms with E-state index in [2.05, 4.69) is 0 Å². The molecule has 0 aliphatic carbocycles. The molecule has 7 nitrogen and oxygen atoms in total. The number of hydrogen-bond acceptors (Lipinski definition) is 5. The summed E-state index contributed by atoms with van der Waals surface area (Å²) in [6.07, 6.45) is 0.0917. The molecule has 0 fully saturated rings. The highest BCUT2D eigenvalue weighted by atomic mass is 16.5. The summed E-state index contributed by atoms with van der Waals surface area (Å²) in [5, 5.41) is 0. The number of ether oxygens (including phenoxy) is 1. The molecule has 0 saturated heterocycles. The van der Waals surface area contributed by atoms with Gasteiger partial charge in [0, 0.05) is 6.54 Å². The van der Waals surface area contributed by atoms with Gasteiger partial charge in [0.25, 0.3) is 0 Å². The summed E-state index contributed by atoms with van der Waals surface area (Å²) < 4.78 is 4.70.